The van der Waals surface area contributed by atoms with Gasteiger partial charge in [0.15, 0.2) is 0 Å². The highest BCUT2D eigenvalue weighted by Crippen LogP contribution is 2.21. The summed E-state index contributed by atoms with van der Waals surface area (Å²) in [5.74, 6) is 0.250. The fourth-order valence-electron chi connectivity index (χ4n) is 2.27. The van der Waals surface area contributed by atoms with Crippen molar-refractivity contribution < 1.29 is 4.79 Å². The van der Waals surface area contributed by atoms with Crippen LogP contribution in [-0.4, -0.2) is 28.8 Å². The number of carbonyl (C=O) groups is 1. The molecule has 0 amide bonds. The zero-order valence-corrected chi connectivity index (χ0v) is 11.3. The van der Waals surface area contributed by atoms with Crippen molar-refractivity contribution in [2.24, 2.45) is 7.05 Å². The van der Waals surface area contributed by atoms with Gasteiger partial charge in [0.2, 0.25) is 0 Å². The van der Waals surface area contributed by atoms with E-state index in [0.29, 0.717) is 6.42 Å². The second-order valence-electron chi connectivity index (χ2n) is 4.97. The highest BCUT2D eigenvalue weighted by atomic mass is 16.1. The SMILES string of the molecule is CC(=O)CCN(C)Cc1cn(C)c2ccccc12. The molecule has 2 rings (SSSR count). The Morgan fingerprint density at radius 2 is 2.06 bits per heavy atom. The third kappa shape index (κ3) is 2.79. The van der Waals surface area contributed by atoms with Crippen LogP contribution in [0.4, 0.5) is 0 Å². The largest absolute Gasteiger partial charge is 0.350 e. The third-order valence-electron chi connectivity index (χ3n) is 3.27. The van der Waals surface area contributed by atoms with E-state index in [1.165, 1.54) is 16.5 Å². The van der Waals surface area contributed by atoms with Gasteiger partial charge in [0.25, 0.3) is 0 Å². The number of hydrogen-bond donors (Lipinski definition) is 0. The van der Waals surface area contributed by atoms with Crippen LogP contribution in [-0.2, 0) is 18.4 Å². The van der Waals surface area contributed by atoms with Crippen molar-refractivity contribution in [2.45, 2.75) is 19.9 Å². The molecule has 0 radical (unpaired) electrons. The molecule has 1 aromatic carbocycles. The molecule has 0 spiro atoms. The van der Waals surface area contributed by atoms with Gasteiger partial charge >= 0.3 is 0 Å². The maximum Gasteiger partial charge on any atom is 0.131 e. The summed E-state index contributed by atoms with van der Waals surface area (Å²) in [7, 11) is 4.13. The number of nitrogens with zero attached hydrogens (tertiary/aromatic N) is 2. The number of fused-ring (bicyclic) bond motifs is 1. The van der Waals surface area contributed by atoms with E-state index in [0.717, 1.165) is 13.1 Å². The van der Waals surface area contributed by atoms with Gasteiger partial charge in [-0.15, -0.1) is 0 Å². The Balaban J connectivity index is 2.14. The number of hydrogen-bond acceptors (Lipinski definition) is 2. The van der Waals surface area contributed by atoms with E-state index in [-0.39, 0.29) is 5.78 Å². The Morgan fingerprint density at radius 3 is 2.78 bits per heavy atom. The highest BCUT2D eigenvalue weighted by molar-refractivity contribution is 5.83. The fraction of sp³-hybridized carbons (Fsp3) is 0.400. The molecule has 0 unspecified atom stereocenters. The predicted molar refractivity (Wildman–Crippen MR) is 74.6 cm³/mol. The maximum atomic E-state index is 11.0. The van der Waals surface area contributed by atoms with Crippen molar-refractivity contribution in [2.75, 3.05) is 13.6 Å². The standard InChI is InChI=1S/C15H20N2O/c1-12(18)8-9-16(2)10-13-11-17(3)15-7-5-4-6-14(13)15/h4-7,11H,8-10H2,1-3H3. The second-order valence-corrected chi connectivity index (χ2v) is 4.97. The molecule has 1 heterocycles. The lowest BCUT2D eigenvalue weighted by atomic mass is 10.1. The number of rotatable bonds is 5. The molecule has 2 aromatic rings. The molecular weight excluding hydrogens is 224 g/mol. The van der Waals surface area contributed by atoms with Crippen LogP contribution in [0.2, 0.25) is 0 Å². The molecule has 0 aliphatic rings. The topological polar surface area (TPSA) is 25.2 Å². The monoisotopic (exact) mass is 244 g/mol. The molecule has 0 bridgehead atoms. The first-order valence-corrected chi connectivity index (χ1v) is 6.29. The van der Waals surface area contributed by atoms with Gasteiger partial charge in [-0.2, -0.15) is 0 Å². The van der Waals surface area contributed by atoms with E-state index in [1.807, 2.05) is 0 Å². The van der Waals surface area contributed by atoms with E-state index in [1.54, 1.807) is 6.92 Å². The lowest BCUT2D eigenvalue weighted by molar-refractivity contribution is -0.117. The van der Waals surface area contributed by atoms with Gasteiger partial charge in [-0.25, -0.2) is 0 Å². The van der Waals surface area contributed by atoms with Crippen LogP contribution in [0.5, 0.6) is 0 Å². The van der Waals surface area contributed by atoms with E-state index in [4.69, 9.17) is 0 Å². The lowest BCUT2D eigenvalue weighted by Gasteiger charge is -2.15. The summed E-state index contributed by atoms with van der Waals surface area (Å²) in [6, 6.07) is 8.42. The molecule has 3 nitrogen and oxygen atoms in total. The molecule has 0 saturated heterocycles. The first-order chi connectivity index (χ1) is 8.58. The minimum absolute atomic E-state index is 0.250. The maximum absolute atomic E-state index is 11.0. The van der Waals surface area contributed by atoms with Crippen molar-refractivity contribution in [1.29, 1.82) is 0 Å². The molecule has 3 heteroatoms. The molecule has 1 aromatic heterocycles. The van der Waals surface area contributed by atoms with Gasteiger partial charge in [-0.1, -0.05) is 18.2 Å². The summed E-state index contributed by atoms with van der Waals surface area (Å²) in [6.45, 7) is 3.35. The Bertz CT molecular complexity index is 557. The lowest BCUT2D eigenvalue weighted by Crippen LogP contribution is -2.20. The van der Waals surface area contributed by atoms with E-state index < -0.39 is 0 Å². The number of benzene rings is 1. The van der Waals surface area contributed by atoms with E-state index >= 15 is 0 Å². The molecule has 18 heavy (non-hydrogen) atoms. The van der Waals surface area contributed by atoms with Gasteiger partial charge in [0.1, 0.15) is 5.78 Å². The molecular formula is C15H20N2O. The molecule has 0 aliphatic heterocycles. The predicted octanol–water partition coefficient (Wildman–Crippen LogP) is 2.59. The molecule has 0 saturated carbocycles. The molecule has 0 fully saturated rings. The normalized spacial score (nSPS) is 11.3. The first-order valence-electron chi connectivity index (χ1n) is 6.29. The van der Waals surface area contributed by atoms with E-state index in [2.05, 4.69) is 54.0 Å². The Labute approximate surface area is 108 Å². The first kappa shape index (κ1) is 12.8. The van der Waals surface area contributed by atoms with Gasteiger partial charge in [-0.05, 0) is 25.6 Å². The fourth-order valence-corrected chi connectivity index (χ4v) is 2.27. The molecule has 0 N–H and O–H groups in total. The third-order valence-corrected chi connectivity index (χ3v) is 3.27. The smallest absolute Gasteiger partial charge is 0.131 e. The molecule has 0 atom stereocenters. The van der Waals surface area contributed by atoms with Gasteiger partial charge in [-0.3, -0.25) is 4.79 Å². The van der Waals surface area contributed by atoms with Crippen LogP contribution in [0.15, 0.2) is 30.5 Å². The molecule has 96 valence electrons. The van der Waals surface area contributed by atoms with Crippen molar-refractivity contribution >= 4 is 16.7 Å². The quantitative estimate of drug-likeness (QED) is 0.807. The van der Waals surface area contributed by atoms with Crippen LogP contribution in [0.25, 0.3) is 10.9 Å². The van der Waals surface area contributed by atoms with Crippen molar-refractivity contribution in [3.8, 4) is 0 Å². The number of ketones is 1. The average Bonchev–Trinajstić information content (AvgIpc) is 2.65. The van der Waals surface area contributed by atoms with Crippen LogP contribution in [0.1, 0.15) is 18.9 Å². The Hall–Kier alpha value is -1.61. The Morgan fingerprint density at radius 1 is 1.33 bits per heavy atom. The zero-order chi connectivity index (χ0) is 13.1. The summed E-state index contributed by atoms with van der Waals surface area (Å²) < 4.78 is 2.16. The summed E-state index contributed by atoms with van der Waals surface area (Å²) in [4.78, 5) is 13.2. The average molecular weight is 244 g/mol. The van der Waals surface area contributed by atoms with Crippen LogP contribution in [0, 0.1) is 0 Å². The highest BCUT2D eigenvalue weighted by Gasteiger charge is 2.08. The second kappa shape index (κ2) is 5.36. The van der Waals surface area contributed by atoms with E-state index in [9.17, 15) is 4.79 Å². The minimum atomic E-state index is 0.250. The number of Topliss-reactive ketones (excluding diaryl/α,β-unsaturated/α-hetero) is 1. The number of carbonyl (C=O) groups excluding carboxylic acids is 1. The van der Waals surface area contributed by atoms with Crippen molar-refractivity contribution in [3.63, 3.8) is 0 Å². The summed E-state index contributed by atoms with van der Waals surface area (Å²) >= 11 is 0. The van der Waals surface area contributed by atoms with Gasteiger partial charge < -0.3 is 9.47 Å². The summed E-state index contributed by atoms with van der Waals surface area (Å²) in [6.07, 6.45) is 2.80. The van der Waals surface area contributed by atoms with Crippen LogP contribution in [0.3, 0.4) is 0 Å². The number of aromatic nitrogens is 1. The number of aryl methyl sites for hydroxylation is 1. The summed E-state index contributed by atoms with van der Waals surface area (Å²) in [5.41, 5.74) is 2.58. The van der Waals surface area contributed by atoms with Crippen molar-refractivity contribution in [1.82, 2.24) is 9.47 Å². The number of para-hydroxylation sites is 1. The minimum Gasteiger partial charge on any atom is -0.350 e. The van der Waals surface area contributed by atoms with Gasteiger partial charge in [0.05, 0.1) is 0 Å². The van der Waals surface area contributed by atoms with Crippen LogP contribution >= 0.6 is 0 Å². The molecule has 0 aliphatic carbocycles. The zero-order valence-electron chi connectivity index (χ0n) is 11.3. The van der Waals surface area contributed by atoms with Gasteiger partial charge in [0, 0.05) is 43.7 Å². The van der Waals surface area contributed by atoms with Crippen molar-refractivity contribution in [3.05, 3.63) is 36.0 Å². The summed E-state index contributed by atoms with van der Waals surface area (Å²) in [5, 5.41) is 1.30. The van der Waals surface area contributed by atoms with Crippen LogP contribution < -0.4 is 0 Å². The Kier molecular flexibility index (Phi) is 3.82.